The molecule has 0 saturated heterocycles. The van der Waals surface area contributed by atoms with Crippen molar-refractivity contribution in [2.24, 2.45) is 5.10 Å². The molecule has 0 aliphatic rings. The number of benzene rings is 2. The van der Waals surface area contributed by atoms with Crippen LogP contribution in [-0.4, -0.2) is 24.8 Å². The summed E-state index contributed by atoms with van der Waals surface area (Å²) < 4.78 is 24.4. The van der Waals surface area contributed by atoms with Crippen LogP contribution in [0.15, 0.2) is 64.7 Å². The van der Waals surface area contributed by atoms with Crippen LogP contribution in [-0.2, 0) is 16.4 Å². The molecule has 3 rings (SSSR count). The number of halogens is 1. The Labute approximate surface area is 157 Å². The van der Waals surface area contributed by atoms with Gasteiger partial charge in [-0.05, 0) is 36.2 Å². The van der Waals surface area contributed by atoms with Crippen molar-refractivity contribution >= 4 is 27.8 Å². The fourth-order valence-corrected chi connectivity index (χ4v) is 3.28. The quantitative estimate of drug-likeness (QED) is 0.499. The summed E-state index contributed by atoms with van der Waals surface area (Å²) in [7, 11) is -3.75. The topological polar surface area (TPSA) is 87.2 Å². The fraction of sp³-hybridized carbons (Fsp3) is 0.111. The predicted octanol–water partition coefficient (Wildman–Crippen LogP) is 3.60. The van der Waals surface area contributed by atoms with Gasteiger partial charge in [-0.1, -0.05) is 42.8 Å². The van der Waals surface area contributed by atoms with Crippen LogP contribution in [0.1, 0.15) is 18.1 Å². The van der Waals surface area contributed by atoms with Gasteiger partial charge >= 0.3 is 0 Å². The Balaban J connectivity index is 1.77. The zero-order valence-corrected chi connectivity index (χ0v) is 15.6. The van der Waals surface area contributed by atoms with Crippen LogP contribution in [0.5, 0.6) is 0 Å². The summed E-state index contributed by atoms with van der Waals surface area (Å²) in [5, 5.41) is 11.2. The number of sulfonamides is 1. The number of aryl methyl sites for hydroxylation is 1. The van der Waals surface area contributed by atoms with Crippen LogP contribution in [0.4, 0.5) is 0 Å². The molecule has 0 aliphatic heterocycles. The zero-order chi connectivity index (χ0) is 18.6. The first-order chi connectivity index (χ1) is 12.5. The summed E-state index contributed by atoms with van der Waals surface area (Å²) in [4.78, 5) is 2.27. The Hall–Kier alpha value is -2.64. The highest BCUT2D eigenvalue weighted by Crippen LogP contribution is 2.20. The summed E-state index contributed by atoms with van der Waals surface area (Å²) in [6.07, 6.45) is 3.97. The first kappa shape index (κ1) is 18.2. The third-order valence-electron chi connectivity index (χ3n) is 3.82. The maximum atomic E-state index is 12.2. The lowest BCUT2D eigenvalue weighted by Gasteiger charge is -2.04. The van der Waals surface area contributed by atoms with Crippen molar-refractivity contribution in [2.75, 3.05) is 0 Å². The van der Waals surface area contributed by atoms with Crippen LogP contribution >= 0.6 is 11.6 Å². The van der Waals surface area contributed by atoms with Gasteiger partial charge in [0.2, 0.25) is 0 Å². The number of rotatable bonds is 6. The van der Waals surface area contributed by atoms with Gasteiger partial charge in [0, 0.05) is 16.1 Å². The van der Waals surface area contributed by atoms with Crippen molar-refractivity contribution in [3.63, 3.8) is 0 Å². The third-order valence-corrected chi connectivity index (χ3v) is 5.31. The normalized spacial score (nSPS) is 11.8. The first-order valence-corrected chi connectivity index (χ1v) is 9.79. The second-order valence-electron chi connectivity index (χ2n) is 5.56. The average molecular weight is 389 g/mol. The lowest BCUT2D eigenvalue weighted by atomic mass is 10.1. The number of aromatic amines is 1. The summed E-state index contributed by atoms with van der Waals surface area (Å²) >= 11 is 5.77. The molecule has 8 heteroatoms. The summed E-state index contributed by atoms with van der Waals surface area (Å²) in [5.41, 5.74) is 3.62. The first-order valence-electron chi connectivity index (χ1n) is 7.92. The van der Waals surface area contributed by atoms with Crippen LogP contribution in [0, 0.1) is 0 Å². The van der Waals surface area contributed by atoms with Crippen LogP contribution < -0.4 is 4.83 Å². The molecule has 2 N–H and O–H groups in total. The maximum absolute atomic E-state index is 12.2. The lowest BCUT2D eigenvalue weighted by Crippen LogP contribution is -2.18. The van der Waals surface area contributed by atoms with E-state index >= 15 is 0 Å². The number of aromatic nitrogens is 2. The molecule has 2 aromatic carbocycles. The van der Waals surface area contributed by atoms with E-state index in [1.807, 2.05) is 24.3 Å². The second kappa shape index (κ2) is 7.72. The molecule has 0 amide bonds. The van der Waals surface area contributed by atoms with E-state index in [0.717, 1.165) is 17.7 Å². The van der Waals surface area contributed by atoms with E-state index < -0.39 is 10.0 Å². The van der Waals surface area contributed by atoms with Gasteiger partial charge in [-0.3, -0.25) is 5.10 Å². The number of H-pyrrole nitrogens is 1. The highest BCUT2D eigenvalue weighted by Gasteiger charge is 2.12. The molecule has 134 valence electrons. The van der Waals surface area contributed by atoms with Gasteiger partial charge in [-0.15, -0.1) is 0 Å². The number of hydrazone groups is 1. The Morgan fingerprint density at radius 1 is 1.15 bits per heavy atom. The molecule has 1 heterocycles. The number of hydrogen-bond acceptors (Lipinski definition) is 4. The van der Waals surface area contributed by atoms with Gasteiger partial charge in [0.05, 0.1) is 23.0 Å². The molecule has 0 aliphatic carbocycles. The minimum absolute atomic E-state index is 0.0848. The Morgan fingerprint density at radius 3 is 2.50 bits per heavy atom. The van der Waals surface area contributed by atoms with Gasteiger partial charge in [0.15, 0.2) is 0 Å². The molecular formula is C18H17ClN4O2S. The molecule has 0 saturated carbocycles. The van der Waals surface area contributed by atoms with Crippen molar-refractivity contribution in [1.82, 2.24) is 15.0 Å². The van der Waals surface area contributed by atoms with Gasteiger partial charge in [0.25, 0.3) is 10.0 Å². The second-order valence-corrected chi connectivity index (χ2v) is 7.65. The van der Waals surface area contributed by atoms with Crippen molar-refractivity contribution in [2.45, 2.75) is 18.2 Å². The largest absolute Gasteiger partial charge is 0.277 e. The molecule has 0 unspecified atom stereocenters. The molecule has 1 aromatic heterocycles. The van der Waals surface area contributed by atoms with E-state index in [4.69, 9.17) is 11.6 Å². The van der Waals surface area contributed by atoms with Crippen molar-refractivity contribution in [1.29, 1.82) is 0 Å². The molecule has 3 aromatic rings. The molecule has 0 spiro atoms. The standard InChI is InChI=1S/C18H17ClN4O2S/c1-2-13-3-5-14(6-4-13)18-15(11-20-22-18)12-21-23-26(24,25)17-9-7-16(19)8-10-17/h3-12,23H,2H2,1H3,(H,20,22)/b21-12+. The van der Waals surface area contributed by atoms with Crippen LogP contribution in [0.3, 0.4) is 0 Å². The van der Waals surface area contributed by atoms with E-state index in [9.17, 15) is 8.42 Å². The van der Waals surface area contributed by atoms with Gasteiger partial charge < -0.3 is 0 Å². The molecule has 0 atom stereocenters. The van der Waals surface area contributed by atoms with Crippen LogP contribution in [0.25, 0.3) is 11.3 Å². The highest BCUT2D eigenvalue weighted by atomic mass is 35.5. The van der Waals surface area contributed by atoms with Crippen molar-refractivity contribution < 1.29 is 8.42 Å². The Morgan fingerprint density at radius 2 is 1.85 bits per heavy atom. The Kier molecular flexibility index (Phi) is 5.39. The third kappa shape index (κ3) is 4.12. The van der Waals surface area contributed by atoms with Gasteiger partial charge in [-0.2, -0.15) is 18.6 Å². The minimum atomic E-state index is -3.75. The maximum Gasteiger partial charge on any atom is 0.276 e. The van der Waals surface area contributed by atoms with E-state index in [1.165, 1.54) is 36.0 Å². The summed E-state index contributed by atoms with van der Waals surface area (Å²) in [6.45, 7) is 2.09. The average Bonchev–Trinajstić information content (AvgIpc) is 3.10. The zero-order valence-electron chi connectivity index (χ0n) is 14.0. The van der Waals surface area contributed by atoms with E-state index in [1.54, 1.807) is 6.20 Å². The number of nitrogens with one attached hydrogen (secondary N) is 2. The molecule has 6 nitrogen and oxygen atoms in total. The van der Waals surface area contributed by atoms with Crippen molar-refractivity contribution in [3.8, 4) is 11.3 Å². The van der Waals surface area contributed by atoms with Gasteiger partial charge in [-0.25, -0.2) is 4.83 Å². The molecule has 0 fully saturated rings. The number of nitrogens with zero attached hydrogens (tertiary/aromatic N) is 2. The molecular weight excluding hydrogens is 372 g/mol. The molecule has 0 radical (unpaired) electrons. The monoisotopic (exact) mass is 388 g/mol. The van der Waals surface area contributed by atoms with Crippen LogP contribution in [0.2, 0.25) is 5.02 Å². The summed E-state index contributed by atoms with van der Waals surface area (Å²) in [5.74, 6) is 0. The van der Waals surface area contributed by atoms with E-state index in [-0.39, 0.29) is 4.90 Å². The van der Waals surface area contributed by atoms with E-state index in [2.05, 4.69) is 27.1 Å². The molecule has 0 bridgehead atoms. The Bertz CT molecular complexity index is 1010. The van der Waals surface area contributed by atoms with E-state index in [0.29, 0.717) is 10.6 Å². The number of hydrogen-bond donors (Lipinski definition) is 2. The minimum Gasteiger partial charge on any atom is -0.277 e. The predicted molar refractivity (Wildman–Crippen MR) is 103 cm³/mol. The fourth-order valence-electron chi connectivity index (χ4n) is 2.36. The smallest absolute Gasteiger partial charge is 0.276 e. The summed E-state index contributed by atoms with van der Waals surface area (Å²) in [6, 6.07) is 13.9. The SMILES string of the molecule is CCc1ccc(-c2[nH]ncc2/C=N/NS(=O)(=O)c2ccc(Cl)cc2)cc1. The molecule has 26 heavy (non-hydrogen) atoms. The lowest BCUT2D eigenvalue weighted by molar-refractivity contribution is 0.584. The van der Waals surface area contributed by atoms with Crippen molar-refractivity contribution in [3.05, 3.63) is 70.9 Å². The van der Waals surface area contributed by atoms with Gasteiger partial charge in [0.1, 0.15) is 0 Å². The highest BCUT2D eigenvalue weighted by molar-refractivity contribution is 7.89.